The van der Waals surface area contributed by atoms with Crippen LogP contribution in [0, 0.1) is 15.9 Å². The van der Waals surface area contributed by atoms with E-state index in [0.717, 1.165) is 19.1 Å². The van der Waals surface area contributed by atoms with Gasteiger partial charge in [-0.25, -0.2) is 0 Å². The third kappa shape index (κ3) is 2.33. The van der Waals surface area contributed by atoms with Crippen LogP contribution in [0.4, 0.5) is 10.1 Å². The normalized spacial score (nSPS) is 9.94. The Morgan fingerprint density at radius 2 is 2.19 bits per heavy atom. The minimum atomic E-state index is -1.12. The molecule has 1 rings (SSSR count). The minimum absolute atomic E-state index is 0.112. The zero-order valence-corrected chi connectivity index (χ0v) is 8.82. The van der Waals surface area contributed by atoms with Gasteiger partial charge in [0.25, 0.3) is 0 Å². The van der Waals surface area contributed by atoms with Gasteiger partial charge in [0.1, 0.15) is 5.75 Å². The first-order valence-corrected chi connectivity index (χ1v) is 4.59. The molecule has 0 saturated carbocycles. The van der Waals surface area contributed by atoms with Crippen molar-refractivity contribution in [1.82, 2.24) is 0 Å². The number of nitro groups is 1. The van der Waals surface area contributed by atoms with Gasteiger partial charge in [-0.15, -0.1) is 0 Å². The topological polar surface area (TPSA) is 69.4 Å². The fourth-order valence-electron chi connectivity index (χ4n) is 1.22. The SMILES string of the molecule is CCOc1cc(C(C)=O)c(F)c([N+](=O)[O-])c1. The van der Waals surface area contributed by atoms with Gasteiger partial charge in [-0.3, -0.25) is 14.9 Å². The van der Waals surface area contributed by atoms with Crippen LogP contribution in [0.1, 0.15) is 24.2 Å². The molecule has 1 aromatic carbocycles. The molecule has 0 N–H and O–H groups in total. The van der Waals surface area contributed by atoms with Crippen LogP contribution in [0.3, 0.4) is 0 Å². The van der Waals surface area contributed by atoms with E-state index in [1.54, 1.807) is 6.92 Å². The van der Waals surface area contributed by atoms with E-state index in [0.29, 0.717) is 0 Å². The third-order valence-corrected chi connectivity index (χ3v) is 1.91. The van der Waals surface area contributed by atoms with Crippen molar-refractivity contribution < 1.29 is 18.8 Å². The quantitative estimate of drug-likeness (QED) is 0.449. The van der Waals surface area contributed by atoms with Crippen LogP contribution in [0.25, 0.3) is 0 Å². The van der Waals surface area contributed by atoms with E-state index in [1.807, 2.05) is 0 Å². The molecule has 16 heavy (non-hydrogen) atoms. The van der Waals surface area contributed by atoms with Gasteiger partial charge in [-0.2, -0.15) is 4.39 Å². The smallest absolute Gasteiger partial charge is 0.309 e. The standard InChI is InChI=1S/C10H10FNO4/c1-3-16-7-4-8(6(2)13)10(11)9(5-7)12(14)15/h4-5H,3H2,1-2H3. The molecule has 0 amide bonds. The number of benzene rings is 1. The van der Waals surface area contributed by atoms with Crippen molar-refractivity contribution in [2.75, 3.05) is 6.61 Å². The summed E-state index contributed by atoms with van der Waals surface area (Å²) in [7, 11) is 0. The van der Waals surface area contributed by atoms with Crippen LogP contribution < -0.4 is 4.74 Å². The Morgan fingerprint density at radius 3 is 2.62 bits per heavy atom. The van der Waals surface area contributed by atoms with Gasteiger partial charge in [0.2, 0.25) is 5.82 Å². The number of ketones is 1. The second-order valence-corrected chi connectivity index (χ2v) is 3.05. The summed E-state index contributed by atoms with van der Waals surface area (Å²) >= 11 is 0. The maximum atomic E-state index is 13.5. The highest BCUT2D eigenvalue weighted by Crippen LogP contribution is 2.27. The van der Waals surface area contributed by atoms with E-state index < -0.39 is 22.2 Å². The first-order valence-electron chi connectivity index (χ1n) is 4.59. The zero-order chi connectivity index (χ0) is 12.3. The van der Waals surface area contributed by atoms with Crippen LogP contribution in [-0.4, -0.2) is 17.3 Å². The van der Waals surface area contributed by atoms with E-state index >= 15 is 0 Å². The van der Waals surface area contributed by atoms with Gasteiger partial charge in [0.05, 0.1) is 23.2 Å². The van der Waals surface area contributed by atoms with E-state index in [4.69, 9.17) is 4.74 Å². The van der Waals surface area contributed by atoms with Crippen molar-refractivity contribution in [3.8, 4) is 5.75 Å². The number of carbonyl (C=O) groups excluding carboxylic acids is 1. The molecule has 0 radical (unpaired) electrons. The second-order valence-electron chi connectivity index (χ2n) is 3.05. The van der Waals surface area contributed by atoms with Gasteiger partial charge < -0.3 is 4.74 Å². The van der Waals surface area contributed by atoms with E-state index in [9.17, 15) is 19.3 Å². The molecule has 0 atom stereocenters. The number of ether oxygens (including phenoxy) is 1. The van der Waals surface area contributed by atoms with Crippen molar-refractivity contribution in [2.24, 2.45) is 0 Å². The van der Waals surface area contributed by atoms with Crippen LogP contribution in [0.15, 0.2) is 12.1 Å². The fraction of sp³-hybridized carbons (Fsp3) is 0.300. The van der Waals surface area contributed by atoms with Gasteiger partial charge in [0, 0.05) is 0 Å². The maximum Gasteiger partial charge on any atom is 0.309 e. The van der Waals surface area contributed by atoms with Crippen molar-refractivity contribution >= 4 is 11.5 Å². The van der Waals surface area contributed by atoms with E-state index in [-0.39, 0.29) is 17.9 Å². The highest BCUT2D eigenvalue weighted by atomic mass is 19.1. The molecule has 0 bridgehead atoms. The number of carbonyl (C=O) groups is 1. The van der Waals surface area contributed by atoms with Crippen LogP contribution in [0.2, 0.25) is 0 Å². The van der Waals surface area contributed by atoms with Gasteiger partial charge in [-0.1, -0.05) is 0 Å². The predicted octanol–water partition coefficient (Wildman–Crippen LogP) is 2.34. The minimum Gasteiger partial charge on any atom is -0.494 e. The van der Waals surface area contributed by atoms with Crippen molar-refractivity contribution in [1.29, 1.82) is 0 Å². The summed E-state index contributed by atoms with van der Waals surface area (Å²) < 4.78 is 18.5. The molecule has 0 aromatic heterocycles. The Bertz CT molecular complexity index is 409. The van der Waals surface area contributed by atoms with Crippen molar-refractivity contribution in [3.63, 3.8) is 0 Å². The van der Waals surface area contributed by atoms with Crippen LogP contribution in [0.5, 0.6) is 5.75 Å². The molecule has 1 aromatic rings. The largest absolute Gasteiger partial charge is 0.494 e. The molecule has 0 spiro atoms. The summed E-state index contributed by atoms with van der Waals surface area (Å²) in [6, 6.07) is 2.12. The van der Waals surface area contributed by atoms with Gasteiger partial charge in [-0.05, 0) is 19.9 Å². The number of Topliss-reactive ketones (excluding diaryl/α,β-unsaturated/α-hetero) is 1. The molecule has 0 aliphatic heterocycles. The molecular formula is C10H10FNO4. The fourth-order valence-corrected chi connectivity index (χ4v) is 1.22. The lowest BCUT2D eigenvalue weighted by molar-refractivity contribution is -0.387. The molecule has 86 valence electrons. The summed E-state index contributed by atoms with van der Waals surface area (Å²) in [5.41, 5.74) is -1.09. The lowest BCUT2D eigenvalue weighted by Crippen LogP contribution is -2.04. The Kier molecular flexibility index (Phi) is 3.55. The highest BCUT2D eigenvalue weighted by Gasteiger charge is 2.22. The number of halogens is 1. The number of hydrogen-bond acceptors (Lipinski definition) is 4. The average molecular weight is 227 g/mol. The van der Waals surface area contributed by atoms with Gasteiger partial charge in [0.15, 0.2) is 5.78 Å². The molecule has 0 aliphatic carbocycles. The molecule has 0 unspecified atom stereocenters. The molecule has 0 fully saturated rings. The summed E-state index contributed by atoms with van der Waals surface area (Å²) in [5.74, 6) is -1.59. The lowest BCUT2D eigenvalue weighted by Gasteiger charge is -2.06. The predicted molar refractivity (Wildman–Crippen MR) is 54.2 cm³/mol. The Balaban J connectivity index is 3.38. The maximum absolute atomic E-state index is 13.5. The lowest BCUT2D eigenvalue weighted by atomic mass is 10.1. The number of nitro benzene ring substituents is 1. The van der Waals surface area contributed by atoms with Gasteiger partial charge >= 0.3 is 5.69 Å². The van der Waals surface area contributed by atoms with Crippen molar-refractivity contribution in [2.45, 2.75) is 13.8 Å². The Morgan fingerprint density at radius 1 is 1.56 bits per heavy atom. The van der Waals surface area contributed by atoms with Crippen LogP contribution in [-0.2, 0) is 0 Å². The third-order valence-electron chi connectivity index (χ3n) is 1.91. The number of nitrogens with zero attached hydrogens (tertiary/aromatic N) is 1. The Hall–Kier alpha value is -1.98. The van der Waals surface area contributed by atoms with E-state index in [2.05, 4.69) is 0 Å². The zero-order valence-electron chi connectivity index (χ0n) is 8.82. The molecule has 6 heteroatoms. The second kappa shape index (κ2) is 4.69. The first kappa shape index (κ1) is 12.1. The molecular weight excluding hydrogens is 217 g/mol. The first-order chi connectivity index (χ1) is 7.47. The molecule has 5 nitrogen and oxygen atoms in total. The summed E-state index contributed by atoms with van der Waals surface area (Å²) in [5, 5.41) is 10.6. The molecule has 0 aliphatic rings. The molecule has 0 heterocycles. The summed E-state index contributed by atoms with van der Waals surface area (Å²) in [6.07, 6.45) is 0. The number of hydrogen-bond donors (Lipinski definition) is 0. The monoisotopic (exact) mass is 227 g/mol. The Labute approximate surface area is 91.0 Å². The highest BCUT2D eigenvalue weighted by molar-refractivity contribution is 5.95. The summed E-state index contributed by atoms with van der Waals surface area (Å²) in [4.78, 5) is 20.7. The van der Waals surface area contributed by atoms with E-state index in [1.165, 1.54) is 0 Å². The van der Waals surface area contributed by atoms with Crippen molar-refractivity contribution in [3.05, 3.63) is 33.6 Å². The van der Waals surface area contributed by atoms with Crippen LogP contribution >= 0.6 is 0 Å². The summed E-state index contributed by atoms with van der Waals surface area (Å²) in [6.45, 7) is 3.10. The molecule has 0 saturated heterocycles. The average Bonchev–Trinajstić information content (AvgIpc) is 2.19. The number of rotatable bonds is 4.